The van der Waals surface area contributed by atoms with Crippen LogP contribution < -0.4 is 16.0 Å². The Morgan fingerprint density at radius 3 is 1.90 bits per heavy atom. The summed E-state index contributed by atoms with van der Waals surface area (Å²) < 4.78 is 22.7. The molecule has 0 bridgehead atoms. The lowest BCUT2D eigenvalue weighted by atomic mass is 9.92. The van der Waals surface area contributed by atoms with Crippen LogP contribution in [0.3, 0.4) is 0 Å². The summed E-state index contributed by atoms with van der Waals surface area (Å²) in [6.45, 7) is 11.1. The van der Waals surface area contributed by atoms with Gasteiger partial charge in [0.15, 0.2) is 0 Å². The first-order valence-electron chi connectivity index (χ1n) is 10.9. The Hall–Kier alpha value is -1.68. The molecule has 0 aromatic carbocycles. The zero-order valence-corrected chi connectivity index (χ0v) is 20.7. The van der Waals surface area contributed by atoms with Crippen molar-refractivity contribution in [3.8, 4) is 0 Å². The summed E-state index contributed by atoms with van der Waals surface area (Å²) >= 11 is 0. The van der Waals surface area contributed by atoms with Crippen molar-refractivity contribution in [3.05, 3.63) is 0 Å². The fraction of sp³-hybridized carbons (Fsp3) is 0.857. The SMILES string of the molecule is CCNC(=O)[C@H](C)NC(=O)[C@H](C)C[C@H](O)[C@H](CC(C)C)NC(=O)[C@@H](C)CCS(C)(=O)=O. The lowest BCUT2D eigenvalue weighted by Crippen LogP contribution is -2.49. The number of carbonyl (C=O) groups is 3. The van der Waals surface area contributed by atoms with Crippen LogP contribution in [0.1, 0.15) is 60.8 Å². The van der Waals surface area contributed by atoms with Gasteiger partial charge in [-0.05, 0) is 39.0 Å². The lowest BCUT2D eigenvalue weighted by Gasteiger charge is -2.29. The fourth-order valence-corrected chi connectivity index (χ4v) is 3.83. The van der Waals surface area contributed by atoms with Gasteiger partial charge < -0.3 is 21.1 Å². The summed E-state index contributed by atoms with van der Waals surface area (Å²) in [5, 5.41) is 18.8. The molecule has 0 spiro atoms. The third-order valence-electron chi connectivity index (χ3n) is 5.03. The fourth-order valence-electron chi connectivity index (χ4n) is 3.05. The molecule has 0 fully saturated rings. The van der Waals surface area contributed by atoms with Gasteiger partial charge in [0, 0.05) is 24.6 Å². The molecule has 9 nitrogen and oxygen atoms in total. The molecular weight excluding hydrogens is 422 g/mol. The third kappa shape index (κ3) is 12.7. The van der Waals surface area contributed by atoms with Crippen molar-refractivity contribution in [2.75, 3.05) is 18.6 Å². The largest absolute Gasteiger partial charge is 0.391 e. The Morgan fingerprint density at radius 2 is 1.42 bits per heavy atom. The number of hydrogen-bond donors (Lipinski definition) is 4. The van der Waals surface area contributed by atoms with Crippen molar-refractivity contribution in [2.45, 2.75) is 79.0 Å². The smallest absolute Gasteiger partial charge is 0.242 e. The summed E-state index contributed by atoms with van der Waals surface area (Å²) in [5.41, 5.74) is 0. The van der Waals surface area contributed by atoms with Crippen molar-refractivity contribution >= 4 is 27.6 Å². The van der Waals surface area contributed by atoms with Crippen molar-refractivity contribution in [1.29, 1.82) is 0 Å². The van der Waals surface area contributed by atoms with E-state index in [2.05, 4.69) is 16.0 Å². The molecule has 3 amide bonds. The van der Waals surface area contributed by atoms with Crippen LogP contribution in [-0.4, -0.2) is 68.0 Å². The van der Waals surface area contributed by atoms with Gasteiger partial charge in [-0.1, -0.05) is 27.7 Å². The van der Waals surface area contributed by atoms with Crippen LogP contribution in [-0.2, 0) is 24.2 Å². The van der Waals surface area contributed by atoms with Gasteiger partial charge in [-0.25, -0.2) is 8.42 Å². The van der Waals surface area contributed by atoms with E-state index < -0.39 is 39.9 Å². The maximum Gasteiger partial charge on any atom is 0.242 e. The van der Waals surface area contributed by atoms with Gasteiger partial charge in [0.2, 0.25) is 17.7 Å². The molecular formula is C21H41N3O6S. The standard InChI is InChI=1S/C21H41N3O6S/c1-8-22-21(28)16(6)23-20(27)15(5)12-18(25)17(11-13(2)3)24-19(26)14(4)9-10-31(7,29)30/h13-18,25H,8-12H2,1-7H3,(H,22,28)(H,23,27)(H,24,26)/t14-,15+,16-,17-,18-/m0/s1. The van der Waals surface area contributed by atoms with Gasteiger partial charge >= 0.3 is 0 Å². The van der Waals surface area contributed by atoms with Gasteiger partial charge in [0.25, 0.3) is 0 Å². The number of nitrogens with one attached hydrogen (secondary N) is 3. The van der Waals surface area contributed by atoms with Gasteiger partial charge in [0.05, 0.1) is 17.9 Å². The topological polar surface area (TPSA) is 142 Å². The molecule has 0 saturated heterocycles. The second-order valence-corrected chi connectivity index (χ2v) is 11.2. The number of amides is 3. The van der Waals surface area contributed by atoms with Gasteiger partial charge in [-0.3, -0.25) is 14.4 Å². The summed E-state index contributed by atoms with van der Waals surface area (Å²) in [7, 11) is -3.16. The number of hydrogen-bond acceptors (Lipinski definition) is 6. The number of aliphatic hydroxyl groups is 1. The minimum absolute atomic E-state index is 0.0833. The second-order valence-electron chi connectivity index (χ2n) is 8.89. The second kappa shape index (κ2) is 13.7. The summed E-state index contributed by atoms with van der Waals surface area (Å²) in [6.07, 6.45) is 0.987. The molecule has 0 aliphatic rings. The van der Waals surface area contributed by atoms with E-state index in [0.29, 0.717) is 13.0 Å². The van der Waals surface area contributed by atoms with Gasteiger partial charge in [0.1, 0.15) is 15.9 Å². The van der Waals surface area contributed by atoms with Crippen molar-refractivity contribution < 1.29 is 27.9 Å². The summed E-state index contributed by atoms with van der Waals surface area (Å²) in [4.78, 5) is 36.7. The van der Waals surface area contributed by atoms with E-state index in [1.807, 2.05) is 13.8 Å². The molecule has 0 heterocycles. The maximum atomic E-state index is 12.5. The van der Waals surface area contributed by atoms with E-state index in [1.165, 1.54) is 0 Å². The zero-order valence-electron chi connectivity index (χ0n) is 19.9. The number of likely N-dealkylation sites (N-methyl/N-ethyl adjacent to an activating group) is 1. The minimum Gasteiger partial charge on any atom is -0.391 e. The Kier molecular flexibility index (Phi) is 12.9. The van der Waals surface area contributed by atoms with E-state index in [1.54, 1.807) is 27.7 Å². The highest BCUT2D eigenvalue weighted by molar-refractivity contribution is 7.90. The van der Waals surface area contributed by atoms with Crippen LogP contribution in [0.5, 0.6) is 0 Å². The molecule has 0 unspecified atom stereocenters. The normalized spacial score (nSPS) is 16.7. The highest BCUT2D eigenvalue weighted by Gasteiger charge is 2.29. The van der Waals surface area contributed by atoms with Gasteiger partial charge in [-0.15, -0.1) is 0 Å². The van der Waals surface area contributed by atoms with Crippen molar-refractivity contribution in [1.82, 2.24) is 16.0 Å². The van der Waals surface area contributed by atoms with Crippen LogP contribution in [0.2, 0.25) is 0 Å². The Bertz CT molecular complexity index is 695. The van der Waals surface area contributed by atoms with Gasteiger partial charge in [-0.2, -0.15) is 0 Å². The van der Waals surface area contributed by atoms with Crippen LogP contribution in [0, 0.1) is 17.8 Å². The number of rotatable bonds is 14. The molecule has 182 valence electrons. The predicted molar refractivity (Wildman–Crippen MR) is 121 cm³/mol. The first kappa shape index (κ1) is 29.3. The first-order chi connectivity index (χ1) is 14.2. The van der Waals surface area contributed by atoms with Crippen LogP contribution >= 0.6 is 0 Å². The van der Waals surface area contributed by atoms with E-state index in [9.17, 15) is 27.9 Å². The van der Waals surface area contributed by atoms with Crippen LogP contribution in [0.4, 0.5) is 0 Å². The molecule has 0 aliphatic heterocycles. The van der Waals surface area contributed by atoms with E-state index >= 15 is 0 Å². The molecule has 0 radical (unpaired) electrons. The third-order valence-corrected chi connectivity index (χ3v) is 6.01. The molecule has 0 aromatic heterocycles. The molecule has 0 aliphatic carbocycles. The summed E-state index contributed by atoms with van der Waals surface area (Å²) in [5.74, 6) is -1.94. The lowest BCUT2D eigenvalue weighted by molar-refractivity contribution is -0.131. The van der Waals surface area contributed by atoms with Crippen LogP contribution in [0.15, 0.2) is 0 Å². The number of aliphatic hydroxyl groups excluding tert-OH is 1. The van der Waals surface area contributed by atoms with E-state index in [-0.39, 0.29) is 42.2 Å². The zero-order chi connectivity index (χ0) is 24.4. The first-order valence-corrected chi connectivity index (χ1v) is 13.0. The average molecular weight is 464 g/mol. The van der Waals surface area contributed by atoms with Crippen LogP contribution in [0.25, 0.3) is 0 Å². The Labute approximate surface area is 187 Å². The van der Waals surface area contributed by atoms with E-state index in [0.717, 1.165) is 6.26 Å². The van der Waals surface area contributed by atoms with Crippen molar-refractivity contribution in [2.24, 2.45) is 17.8 Å². The monoisotopic (exact) mass is 463 g/mol. The molecule has 0 rings (SSSR count). The summed E-state index contributed by atoms with van der Waals surface area (Å²) in [6, 6.07) is -1.25. The number of sulfone groups is 1. The Balaban J connectivity index is 4.96. The van der Waals surface area contributed by atoms with Crippen molar-refractivity contribution in [3.63, 3.8) is 0 Å². The molecule has 5 atom stereocenters. The predicted octanol–water partition coefficient (Wildman–Crippen LogP) is 0.616. The average Bonchev–Trinajstić information content (AvgIpc) is 2.64. The number of carbonyl (C=O) groups excluding carboxylic acids is 3. The van der Waals surface area contributed by atoms with E-state index in [4.69, 9.17) is 0 Å². The maximum absolute atomic E-state index is 12.5. The minimum atomic E-state index is -3.16. The highest BCUT2D eigenvalue weighted by atomic mass is 32.2. The Morgan fingerprint density at radius 1 is 0.871 bits per heavy atom. The molecule has 0 saturated carbocycles. The highest BCUT2D eigenvalue weighted by Crippen LogP contribution is 2.17. The molecule has 31 heavy (non-hydrogen) atoms. The quantitative estimate of drug-likeness (QED) is 0.297. The molecule has 10 heteroatoms. The molecule has 4 N–H and O–H groups in total. The molecule has 0 aromatic rings.